The molecule has 0 bridgehead atoms. The Kier molecular flexibility index (Phi) is 10.2. The Morgan fingerprint density at radius 3 is 2.21 bits per heavy atom. The van der Waals surface area contributed by atoms with Gasteiger partial charge in [0.1, 0.15) is 0 Å². The van der Waals surface area contributed by atoms with Gasteiger partial charge in [0, 0.05) is 23.9 Å². The molecule has 0 saturated heterocycles. The Morgan fingerprint density at radius 1 is 1.00 bits per heavy atom. The molecule has 1 aromatic carbocycles. The van der Waals surface area contributed by atoms with Gasteiger partial charge in [-0.15, -0.1) is 11.3 Å². The summed E-state index contributed by atoms with van der Waals surface area (Å²) in [5, 5.41) is 12.1. The van der Waals surface area contributed by atoms with Gasteiger partial charge in [-0.3, -0.25) is 4.79 Å². The van der Waals surface area contributed by atoms with Crippen molar-refractivity contribution in [1.82, 2.24) is 0 Å². The molecule has 4 rings (SSSR count). The molecule has 2 aliphatic carbocycles. The number of methoxy groups -OCH3 is 1. The molecule has 2 saturated carbocycles. The predicted octanol–water partition coefficient (Wildman–Crippen LogP) is 1.90. The third kappa shape index (κ3) is 6.37. The van der Waals surface area contributed by atoms with Crippen LogP contribution in [0.15, 0.2) is 36.4 Å². The summed E-state index contributed by atoms with van der Waals surface area (Å²) < 4.78 is 5.53. The predicted molar refractivity (Wildman–Crippen MR) is 126 cm³/mol. The normalized spacial score (nSPS) is 25.2. The molecule has 5 nitrogen and oxygen atoms in total. The van der Waals surface area contributed by atoms with Crippen LogP contribution in [0.25, 0.3) is 10.4 Å². The van der Waals surface area contributed by atoms with Crippen LogP contribution in [-0.2, 0) is 9.53 Å². The molecule has 2 fully saturated rings. The summed E-state index contributed by atoms with van der Waals surface area (Å²) in [7, 11) is 1.73. The monoisotopic (exact) mass is 493 g/mol. The zero-order valence-electron chi connectivity index (χ0n) is 19.9. The van der Waals surface area contributed by atoms with Crippen LogP contribution in [-0.4, -0.2) is 31.1 Å². The van der Waals surface area contributed by atoms with Gasteiger partial charge in [0.15, 0.2) is 0 Å². The summed E-state index contributed by atoms with van der Waals surface area (Å²) in [5.41, 5.74) is 1.46. The Bertz CT molecular complexity index is 931. The van der Waals surface area contributed by atoms with Crippen LogP contribution >= 0.6 is 11.3 Å². The minimum absolute atomic E-state index is 0. The number of carbonyl (C=O) groups is 2. The van der Waals surface area contributed by atoms with E-state index in [1.807, 2.05) is 41.3 Å². The third-order valence-electron chi connectivity index (χ3n) is 7.16. The number of ether oxygens (including phenoxy) is 1. The summed E-state index contributed by atoms with van der Waals surface area (Å²) in [5.74, 6) is -0.527. The summed E-state index contributed by atoms with van der Waals surface area (Å²) in [4.78, 5) is 28.8. The molecule has 0 radical (unpaired) electrons. The summed E-state index contributed by atoms with van der Waals surface area (Å²) in [6, 6.07) is 11.6. The fraction of sp³-hybridized carbons (Fsp3) is 0.538. The van der Waals surface area contributed by atoms with Crippen LogP contribution in [0.5, 0.6) is 0 Å². The fourth-order valence-corrected chi connectivity index (χ4v) is 6.18. The van der Waals surface area contributed by atoms with Gasteiger partial charge < -0.3 is 19.5 Å². The van der Waals surface area contributed by atoms with E-state index in [2.05, 4.69) is 6.92 Å². The molecular formula is C26H32KNO4S. The van der Waals surface area contributed by atoms with Crippen molar-refractivity contribution in [3.05, 3.63) is 41.3 Å². The second-order valence-corrected chi connectivity index (χ2v) is 10.4. The number of amides is 1. The third-order valence-corrected chi connectivity index (χ3v) is 8.31. The first-order chi connectivity index (χ1) is 15.5. The average molecular weight is 494 g/mol. The summed E-state index contributed by atoms with van der Waals surface area (Å²) in [6.45, 7) is 2.24. The molecular weight excluding hydrogens is 461 g/mol. The van der Waals surface area contributed by atoms with Gasteiger partial charge in [-0.1, -0.05) is 37.3 Å². The first-order valence-corrected chi connectivity index (χ1v) is 12.6. The molecule has 0 N–H and O–H groups in total. The van der Waals surface area contributed by atoms with Crippen LogP contribution in [0, 0.1) is 11.8 Å². The number of aromatic carboxylic acids is 1. The van der Waals surface area contributed by atoms with Crippen molar-refractivity contribution in [3.8, 4) is 10.4 Å². The SMILES string of the molecule is COC1CCC(N(C(=O)C2CCC(C)CC2)c2cc(-c3ccccc3)sc2C(=O)[O-])CC1.[K+]. The maximum absolute atomic E-state index is 13.9. The van der Waals surface area contributed by atoms with Crippen molar-refractivity contribution in [2.75, 3.05) is 12.0 Å². The minimum atomic E-state index is -1.21. The van der Waals surface area contributed by atoms with Crippen molar-refractivity contribution in [3.63, 3.8) is 0 Å². The smallest absolute Gasteiger partial charge is 0.544 e. The molecule has 2 aromatic rings. The number of carboxylic acid groups (broad SMARTS) is 1. The van der Waals surface area contributed by atoms with Crippen LogP contribution < -0.4 is 61.4 Å². The van der Waals surface area contributed by atoms with Gasteiger partial charge in [-0.2, -0.15) is 0 Å². The van der Waals surface area contributed by atoms with Gasteiger partial charge in [-0.25, -0.2) is 0 Å². The second kappa shape index (κ2) is 12.4. The molecule has 1 aromatic heterocycles. The zero-order chi connectivity index (χ0) is 22.7. The molecule has 2 aliphatic rings. The van der Waals surface area contributed by atoms with E-state index in [0.717, 1.165) is 61.8 Å². The Hall–Kier alpha value is -0.544. The molecule has 0 aliphatic heterocycles. The first kappa shape index (κ1) is 27.1. The average Bonchev–Trinajstić information content (AvgIpc) is 3.26. The van der Waals surface area contributed by atoms with E-state index in [-0.39, 0.29) is 80.2 Å². The van der Waals surface area contributed by atoms with Crippen LogP contribution in [0.3, 0.4) is 0 Å². The van der Waals surface area contributed by atoms with Gasteiger partial charge in [0.2, 0.25) is 5.91 Å². The second-order valence-electron chi connectivity index (χ2n) is 9.31. The van der Waals surface area contributed by atoms with E-state index in [0.29, 0.717) is 11.6 Å². The number of carbonyl (C=O) groups excluding carboxylic acids is 2. The number of rotatable bonds is 6. The molecule has 7 heteroatoms. The Labute approximate surface area is 243 Å². The number of carboxylic acids is 1. The van der Waals surface area contributed by atoms with E-state index in [4.69, 9.17) is 4.74 Å². The van der Waals surface area contributed by atoms with E-state index in [1.54, 1.807) is 7.11 Å². The van der Waals surface area contributed by atoms with Crippen LogP contribution in [0.4, 0.5) is 5.69 Å². The molecule has 0 unspecified atom stereocenters. The van der Waals surface area contributed by atoms with Gasteiger partial charge >= 0.3 is 51.4 Å². The molecule has 1 amide bonds. The van der Waals surface area contributed by atoms with E-state index in [1.165, 1.54) is 11.3 Å². The quantitative estimate of drug-likeness (QED) is 0.577. The fourth-order valence-electron chi connectivity index (χ4n) is 5.19. The number of hydrogen-bond acceptors (Lipinski definition) is 5. The number of anilines is 1. The van der Waals surface area contributed by atoms with Crippen molar-refractivity contribution >= 4 is 28.9 Å². The number of hydrogen-bond donors (Lipinski definition) is 0. The van der Waals surface area contributed by atoms with Gasteiger partial charge in [0.05, 0.1) is 22.6 Å². The van der Waals surface area contributed by atoms with Gasteiger partial charge in [0.25, 0.3) is 0 Å². The Morgan fingerprint density at radius 2 is 1.64 bits per heavy atom. The van der Waals surface area contributed by atoms with E-state index >= 15 is 0 Å². The van der Waals surface area contributed by atoms with Crippen LogP contribution in [0.2, 0.25) is 0 Å². The largest absolute Gasteiger partial charge is 1.00 e. The van der Waals surface area contributed by atoms with Crippen molar-refractivity contribution in [1.29, 1.82) is 0 Å². The molecule has 172 valence electrons. The zero-order valence-corrected chi connectivity index (χ0v) is 23.9. The first-order valence-electron chi connectivity index (χ1n) is 11.7. The topological polar surface area (TPSA) is 69.7 Å². The van der Waals surface area contributed by atoms with Gasteiger partial charge in [-0.05, 0) is 68.9 Å². The standard InChI is InChI=1S/C26H33NO4S.K/c1-17-8-10-19(11-9-17)25(28)27(20-12-14-21(31-2)15-13-20)22-16-23(32-24(22)26(29)30)18-6-4-3-5-7-18;/h3-7,16-17,19-21H,8-15H2,1-2H3,(H,29,30);/q;+1/p-1. The summed E-state index contributed by atoms with van der Waals surface area (Å²) in [6.07, 6.45) is 7.45. The molecule has 1 heterocycles. The molecule has 0 atom stereocenters. The maximum Gasteiger partial charge on any atom is 1.00 e. The van der Waals surface area contributed by atoms with E-state index < -0.39 is 5.97 Å². The van der Waals surface area contributed by atoms with Crippen LogP contribution in [0.1, 0.15) is 68.0 Å². The van der Waals surface area contributed by atoms with E-state index in [9.17, 15) is 14.7 Å². The molecule has 0 spiro atoms. The minimum Gasteiger partial charge on any atom is -0.544 e. The maximum atomic E-state index is 13.9. The van der Waals surface area contributed by atoms with Crippen molar-refractivity contribution in [2.45, 2.75) is 70.4 Å². The molecule has 33 heavy (non-hydrogen) atoms. The number of thiophene rings is 1. The Balaban J connectivity index is 0.00000306. The van der Waals surface area contributed by atoms with Crippen molar-refractivity contribution < 1.29 is 70.8 Å². The number of nitrogens with zero attached hydrogens (tertiary/aromatic N) is 1. The summed E-state index contributed by atoms with van der Waals surface area (Å²) >= 11 is 1.20. The number of benzene rings is 1. The van der Waals surface area contributed by atoms with Crippen molar-refractivity contribution in [2.24, 2.45) is 11.8 Å².